The van der Waals surface area contributed by atoms with Gasteiger partial charge in [-0.05, 0) is 30.7 Å². The molecule has 1 nitrogen and oxygen atoms in total. The second-order valence-corrected chi connectivity index (χ2v) is 3.78. The zero-order chi connectivity index (χ0) is 8.43. The van der Waals surface area contributed by atoms with E-state index in [1.54, 1.807) is 0 Å². The summed E-state index contributed by atoms with van der Waals surface area (Å²) >= 11 is 9.24. The van der Waals surface area contributed by atoms with Gasteiger partial charge in [0.1, 0.15) is 0 Å². The Kier molecular flexibility index (Phi) is 2.93. The van der Waals surface area contributed by atoms with Crippen molar-refractivity contribution in [3.8, 4) is 0 Å². The van der Waals surface area contributed by atoms with Crippen LogP contribution in [-0.2, 0) is 0 Å². The monoisotopic (exact) mass is 233 g/mol. The van der Waals surface area contributed by atoms with E-state index in [1.807, 2.05) is 25.1 Å². The normalized spacial score (nSPS) is 13.1. The maximum atomic E-state index is 5.89. The molecule has 1 aromatic rings. The second kappa shape index (κ2) is 3.57. The van der Waals surface area contributed by atoms with E-state index < -0.39 is 0 Å². The largest absolute Gasteiger partial charge is 0.324 e. The molecule has 0 fully saturated rings. The van der Waals surface area contributed by atoms with Gasteiger partial charge in [0.15, 0.2) is 0 Å². The van der Waals surface area contributed by atoms with Crippen LogP contribution in [-0.4, -0.2) is 0 Å². The molecule has 0 heterocycles. The van der Waals surface area contributed by atoms with Crippen molar-refractivity contribution in [1.82, 2.24) is 0 Å². The van der Waals surface area contributed by atoms with Gasteiger partial charge in [0, 0.05) is 15.5 Å². The predicted octanol–water partition coefficient (Wildman–Crippen LogP) is 3.12. The smallest absolute Gasteiger partial charge is 0.0454 e. The maximum absolute atomic E-state index is 5.89. The minimum Gasteiger partial charge on any atom is -0.324 e. The van der Waals surface area contributed by atoms with Crippen LogP contribution in [0.5, 0.6) is 0 Å². The molecule has 0 saturated carbocycles. The Hall–Kier alpha value is -0.0500. The molecule has 0 unspecified atom stereocenters. The first-order valence-corrected chi connectivity index (χ1v) is 4.49. The number of nitrogens with two attached hydrogens (primary N) is 1. The summed E-state index contributed by atoms with van der Waals surface area (Å²) in [6.07, 6.45) is 0. The van der Waals surface area contributed by atoms with Gasteiger partial charge >= 0.3 is 0 Å². The first kappa shape index (κ1) is 9.04. The van der Waals surface area contributed by atoms with Crippen LogP contribution in [0.25, 0.3) is 0 Å². The highest BCUT2D eigenvalue weighted by Crippen LogP contribution is 2.24. The van der Waals surface area contributed by atoms with E-state index in [2.05, 4.69) is 15.9 Å². The summed E-state index contributed by atoms with van der Waals surface area (Å²) in [5, 5.41) is 0.725. The molecule has 0 bridgehead atoms. The van der Waals surface area contributed by atoms with Crippen LogP contribution in [0.1, 0.15) is 18.5 Å². The molecule has 2 N–H and O–H groups in total. The van der Waals surface area contributed by atoms with Crippen LogP contribution in [0.15, 0.2) is 22.7 Å². The lowest BCUT2D eigenvalue weighted by molar-refractivity contribution is 0.818. The third kappa shape index (κ3) is 2.19. The first-order chi connectivity index (χ1) is 5.11. The number of hydrogen-bond acceptors (Lipinski definition) is 1. The summed E-state index contributed by atoms with van der Waals surface area (Å²) in [6.45, 7) is 1.91. The molecule has 0 aliphatic rings. The minimum absolute atomic E-state index is 0.0139. The Bertz CT molecular complexity index is 260. The Morgan fingerprint density at radius 3 is 2.64 bits per heavy atom. The molecule has 11 heavy (non-hydrogen) atoms. The fourth-order valence-electron chi connectivity index (χ4n) is 0.864. The number of benzene rings is 1. The van der Waals surface area contributed by atoms with E-state index in [-0.39, 0.29) is 6.04 Å². The van der Waals surface area contributed by atoms with Gasteiger partial charge in [-0.1, -0.05) is 27.5 Å². The van der Waals surface area contributed by atoms with Crippen LogP contribution < -0.4 is 5.73 Å². The van der Waals surface area contributed by atoms with Crippen LogP contribution >= 0.6 is 27.5 Å². The van der Waals surface area contributed by atoms with Crippen LogP contribution in [0.4, 0.5) is 0 Å². The van der Waals surface area contributed by atoms with Crippen LogP contribution in [0, 0.1) is 0 Å². The Morgan fingerprint density at radius 2 is 2.18 bits per heavy atom. The fraction of sp³-hybridized carbons (Fsp3) is 0.250. The topological polar surface area (TPSA) is 26.0 Å². The van der Waals surface area contributed by atoms with Gasteiger partial charge in [0.2, 0.25) is 0 Å². The summed E-state index contributed by atoms with van der Waals surface area (Å²) in [4.78, 5) is 0. The van der Waals surface area contributed by atoms with Gasteiger partial charge in [0.25, 0.3) is 0 Å². The molecule has 3 heteroatoms. The maximum Gasteiger partial charge on any atom is 0.0454 e. The summed E-state index contributed by atoms with van der Waals surface area (Å²) in [7, 11) is 0. The zero-order valence-electron chi connectivity index (χ0n) is 6.14. The summed E-state index contributed by atoms with van der Waals surface area (Å²) in [6, 6.07) is 5.66. The highest BCUT2D eigenvalue weighted by Gasteiger charge is 2.04. The summed E-state index contributed by atoms with van der Waals surface area (Å²) in [5.41, 5.74) is 6.65. The first-order valence-electron chi connectivity index (χ1n) is 3.32. The van der Waals surface area contributed by atoms with Gasteiger partial charge < -0.3 is 5.73 Å². The lowest BCUT2D eigenvalue weighted by Crippen LogP contribution is -2.05. The van der Waals surface area contributed by atoms with Gasteiger partial charge in [0.05, 0.1) is 0 Å². The SMILES string of the molecule is C[C@@H](N)c1cc(Br)ccc1Cl. The molecule has 1 rings (SSSR count). The third-order valence-corrected chi connectivity index (χ3v) is 2.29. The number of rotatable bonds is 1. The van der Waals surface area contributed by atoms with Crippen molar-refractivity contribution in [1.29, 1.82) is 0 Å². The van der Waals surface area contributed by atoms with Gasteiger partial charge in [-0.2, -0.15) is 0 Å². The average Bonchev–Trinajstić information content (AvgIpc) is 1.94. The van der Waals surface area contributed by atoms with E-state index in [4.69, 9.17) is 17.3 Å². The van der Waals surface area contributed by atoms with E-state index in [9.17, 15) is 0 Å². The minimum atomic E-state index is -0.0139. The molecular weight excluding hydrogens is 225 g/mol. The van der Waals surface area contributed by atoms with Crippen molar-refractivity contribution >= 4 is 27.5 Å². The van der Waals surface area contributed by atoms with Crippen molar-refractivity contribution in [2.75, 3.05) is 0 Å². The van der Waals surface area contributed by atoms with Gasteiger partial charge in [-0.15, -0.1) is 0 Å². The lowest BCUT2D eigenvalue weighted by Gasteiger charge is -2.07. The van der Waals surface area contributed by atoms with E-state index >= 15 is 0 Å². The highest BCUT2D eigenvalue weighted by molar-refractivity contribution is 9.10. The molecule has 0 aliphatic heterocycles. The van der Waals surface area contributed by atoms with Crippen molar-refractivity contribution in [3.63, 3.8) is 0 Å². The van der Waals surface area contributed by atoms with Crippen LogP contribution in [0.3, 0.4) is 0 Å². The van der Waals surface area contributed by atoms with Crippen molar-refractivity contribution in [3.05, 3.63) is 33.3 Å². The molecule has 1 atom stereocenters. The summed E-state index contributed by atoms with van der Waals surface area (Å²) < 4.78 is 1.01. The fourth-order valence-corrected chi connectivity index (χ4v) is 1.53. The number of hydrogen-bond donors (Lipinski definition) is 1. The van der Waals surface area contributed by atoms with Crippen LogP contribution in [0.2, 0.25) is 5.02 Å². The lowest BCUT2D eigenvalue weighted by atomic mass is 10.1. The van der Waals surface area contributed by atoms with E-state index in [0.717, 1.165) is 15.1 Å². The molecule has 60 valence electrons. The highest BCUT2D eigenvalue weighted by atomic mass is 79.9. The molecule has 1 aromatic carbocycles. The Balaban J connectivity index is 3.13. The zero-order valence-corrected chi connectivity index (χ0v) is 8.48. The average molecular weight is 235 g/mol. The Labute approximate surface area is 79.7 Å². The molecule has 0 aromatic heterocycles. The quantitative estimate of drug-likeness (QED) is 0.794. The van der Waals surface area contributed by atoms with E-state index in [1.165, 1.54) is 0 Å². The molecule has 0 radical (unpaired) electrons. The predicted molar refractivity (Wildman–Crippen MR) is 51.8 cm³/mol. The Morgan fingerprint density at radius 1 is 1.55 bits per heavy atom. The van der Waals surface area contributed by atoms with Crippen molar-refractivity contribution in [2.24, 2.45) is 5.73 Å². The molecule has 0 spiro atoms. The second-order valence-electron chi connectivity index (χ2n) is 2.45. The third-order valence-electron chi connectivity index (χ3n) is 1.45. The molecule has 0 saturated heterocycles. The van der Waals surface area contributed by atoms with Crippen molar-refractivity contribution in [2.45, 2.75) is 13.0 Å². The number of halogens is 2. The van der Waals surface area contributed by atoms with Gasteiger partial charge in [-0.25, -0.2) is 0 Å². The van der Waals surface area contributed by atoms with Gasteiger partial charge in [-0.3, -0.25) is 0 Å². The van der Waals surface area contributed by atoms with E-state index in [0.29, 0.717) is 0 Å². The van der Waals surface area contributed by atoms with Crippen molar-refractivity contribution < 1.29 is 0 Å². The standard InChI is InChI=1S/C8H9BrClN/c1-5(11)7-4-6(9)2-3-8(7)10/h2-5H,11H2,1H3/t5-/m1/s1. The molecule has 0 aliphatic carbocycles. The molecule has 0 amide bonds. The summed E-state index contributed by atoms with van der Waals surface area (Å²) in [5.74, 6) is 0. The molecular formula is C8H9BrClN.